The molecule has 258 valence electrons. The standard InChI is InChI=1S/C39H73NO4/c1-3-5-7-9-11-13-15-17-19-21-23-25-27-29-31-33-38(43)37(35-41)40-39(44)34-36(42)32-30-28-26-24-22-20-18-16-14-12-10-8-6-4-2/h15,17,23,25,31,33,36-38,41-43H,3-14,16,18-22,24,26-30,32,34-35H2,1-2H3,(H,40,44)/b17-15+,25-23+,33-31+. The van der Waals surface area contributed by atoms with E-state index in [-0.39, 0.29) is 18.9 Å². The number of hydrogen-bond acceptors (Lipinski definition) is 4. The topological polar surface area (TPSA) is 89.8 Å². The van der Waals surface area contributed by atoms with Crippen LogP contribution in [0.25, 0.3) is 0 Å². The van der Waals surface area contributed by atoms with Crippen LogP contribution in [0.15, 0.2) is 36.5 Å². The van der Waals surface area contributed by atoms with Crippen molar-refractivity contribution in [3.63, 3.8) is 0 Å². The molecule has 0 bridgehead atoms. The summed E-state index contributed by atoms with van der Waals surface area (Å²) >= 11 is 0. The van der Waals surface area contributed by atoms with Crippen molar-refractivity contribution >= 4 is 5.91 Å². The molecule has 0 saturated heterocycles. The molecule has 0 aromatic heterocycles. The van der Waals surface area contributed by atoms with Crippen LogP contribution in [-0.4, -0.2) is 46.1 Å². The number of carbonyl (C=O) groups excluding carboxylic acids is 1. The zero-order chi connectivity index (χ0) is 32.4. The van der Waals surface area contributed by atoms with Gasteiger partial charge in [0.1, 0.15) is 0 Å². The average molecular weight is 620 g/mol. The highest BCUT2D eigenvalue weighted by Gasteiger charge is 2.20. The van der Waals surface area contributed by atoms with Crippen LogP contribution in [0.1, 0.15) is 181 Å². The third kappa shape index (κ3) is 30.6. The van der Waals surface area contributed by atoms with E-state index in [9.17, 15) is 20.1 Å². The van der Waals surface area contributed by atoms with Crippen LogP contribution in [-0.2, 0) is 4.79 Å². The van der Waals surface area contributed by atoms with Crippen LogP contribution in [0.3, 0.4) is 0 Å². The van der Waals surface area contributed by atoms with E-state index in [4.69, 9.17) is 0 Å². The van der Waals surface area contributed by atoms with E-state index in [1.165, 1.54) is 116 Å². The first-order valence-corrected chi connectivity index (χ1v) is 18.8. The molecule has 0 aliphatic rings. The Morgan fingerprint density at radius 2 is 0.977 bits per heavy atom. The molecule has 0 spiro atoms. The van der Waals surface area contributed by atoms with Crippen molar-refractivity contribution in [1.29, 1.82) is 0 Å². The van der Waals surface area contributed by atoms with Crippen LogP contribution in [0.2, 0.25) is 0 Å². The Morgan fingerprint density at radius 1 is 0.568 bits per heavy atom. The molecule has 44 heavy (non-hydrogen) atoms. The molecule has 3 unspecified atom stereocenters. The van der Waals surface area contributed by atoms with Crippen LogP contribution in [0.4, 0.5) is 0 Å². The van der Waals surface area contributed by atoms with Crippen LogP contribution < -0.4 is 5.32 Å². The summed E-state index contributed by atoms with van der Waals surface area (Å²) in [5, 5.41) is 33.0. The normalized spacial score (nSPS) is 14.2. The Labute approximate surface area is 273 Å². The molecule has 0 aliphatic carbocycles. The minimum atomic E-state index is -0.956. The molecule has 0 radical (unpaired) electrons. The fourth-order valence-electron chi connectivity index (χ4n) is 5.49. The molecular weight excluding hydrogens is 546 g/mol. The predicted octanol–water partition coefficient (Wildman–Crippen LogP) is 10.0. The molecule has 5 nitrogen and oxygen atoms in total. The molecule has 0 aromatic rings. The number of hydrogen-bond donors (Lipinski definition) is 4. The summed E-state index contributed by atoms with van der Waals surface area (Å²) in [6.07, 6.45) is 41.2. The third-order valence-electron chi connectivity index (χ3n) is 8.41. The van der Waals surface area contributed by atoms with Gasteiger partial charge in [0.05, 0.1) is 31.3 Å². The number of rotatable bonds is 33. The van der Waals surface area contributed by atoms with Gasteiger partial charge in [0.2, 0.25) is 5.91 Å². The maximum Gasteiger partial charge on any atom is 0.222 e. The van der Waals surface area contributed by atoms with Gasteiger partial charge in [-0.3, -0.25) is 4.79 Å². The Morgan fingerprint density at radius 3 is 1.45 bits per heavy atom. The van der Waals surface area contributed by atoms with E-state index in [2.05, 4.69) is 43.5 Å². The highest BCUT2D eigenvalue weighted by Crippen LogP contribution is 2.14. The summed E-state index contributed by atoms with van der Waals surface area (Å²) in [4.78, 5) is 12.4. The highest BCUT2D eigenvalue weighted by molar-refractivity contribution is 5.76. The lowest BCUT2D eigenvalue weighted by Crippen LogP contribution is -2.45. The Hall–Kier alpha value is -1.43. The SMILES string of the molecule is CCCCCCC/C=C/CC/C=C/CC/C=C/C(O)C(CO)NC(=O)CC(O)CCCCCCCCCCCCCCCC. The van der Waals surface area contributed by atoms with Crippen molar-refractivity contribution in [2.24, 2.45) is 0 Å². The first-order chi connectivity index (χ1) is 21.5. The van der Waals surface area contributed by atoms with Gasteiger partial charge in [0.15, 0.2) is 0 Å². The van der Waals surface area contributed by atoms with Crippen LogP contribution >= 0.6 is 0 Å². The summed E-state index contributed by atoms with van der Waals surface area (Å²) in [5.74, 6) is -0.331. The first kappa shape index (κ1) is 42.6. The van der Waals surface area contributed by atoms with Crippen molar-refractivity contribution in [3.05, 3.63) is 36.5 Å². The van der Waals surface area contributed by atoms with Crippen LogP contribution in [0.5, 0.6) is 0 Å². The predicted molar refractivity (Wildman–Crippen MR) is 190 cm³/mol. The van der Waals surface area contributed by atoms with E-state index in [0.29, 0.717) is 6.42 Å². The van der Waals surface area contributed by atoms with Gasteiger partial charge < -0.3 is 20.6 Å². The fourth-order valence-corrected chi connectivity index (χ4v) is 5.49. The van der Waals surface area contributed by atoms with Gasteiger partial charge in [-0.15, -0.1) is 0 Å². The molecular formula is C39H73NO4. The maximum atomic E-state index is 12.4. The molecule has 0 aliphatic heterocycles. The minimum absolute atomic E-state index is 0.00429. The molecule has 0 heterocycles. The lowest BCUT2D eigenvalue weighted by molar-refractivity contribution is -0.124. The number of unbranched alkanes of at least 4 members (excludes halogenated alkanes) is 20. The molecule has 5 heteroatoms. The number of carbonyl (C=O) groups is 1. The van der Waals surface area contributed by atoms with Gasteiger partial charge in [-0.05, 0) is 44.9 Å². The molecule has 3 atom stereocenters. The maximum absolute atomic E-state index is 12.4. The second-order valence-electron chi connectivity index (χ2n) is 12.8. The number of aliphatic hydroxyl groups is 3. The lowest BCUT2D eigenvalue weighted by Gasteiger charge is -2.21. The average Bonchev–Trinajstić information content (AvgIpc) is 3.01. The molecule has 0 aromatic carbocycles. The quantitative estimate of drug-likeness (QED) is 0.0435. The van der Waals surface area contributed by atoms with Gasteiger partial charge >= 0.3 is 0 Å². The Balaban J connectivity index is 3.80. The van der Waals surface area contributed by atoms with E-state index in [0.717, 1.165) is 38.5 Å². The summed E-state index contributed by atoms with van der Waals surface area (Å²) in [6.45, 7) is 4.16. The van der Waals surface area contributed by atoms with E-state index in [1.807, 2.05) is 6.08 Å². The van der Waals surface area contributed by atoms with Crippen LogP contribution in [0, 0.1) is 0 Å². The van der Waals surface area contributed by atoms with E-state index >= 15 is 0 Å². The zero-order valence-electron chi connectivity index (χ0n) is 29.0. The van der Waals surface area contributed by atoms with Crippen molar-refractivity contribution in [1.82, 2.24) is 5.32 Å². The number of nitrogens with one attached hydrogen (secondary N) is 1. The van der Waals surface area contributed by atoms with Gasteiger partial charge in [-0.2, -0.15) is 0 Å². The van der Waals surface area contributed by atoms with Crippen molar-refractivity contribution in [3.8, 4) is 0 Å². The smallest absolute Gasteiger partial charge is 0.222 e. The summed E-state index contributed by atoms with van der Waals surface area (Å²) < 4.78 is 0. The van der Waals surface area contributed by atoms with Crippen molar-refractivity contribution < 1.29 is 20.1 Å². The third-order valence-corrected chi connectivity index (χ3v) is 8.41. The number of allylic oxidation sites excluding steroid dienone is 5. The van der Waals surface area contributed by atoms with Crippen molar-refractivity contribution in [2.45, 2.75) is 199 Å². The van der Waals surface area contributed by atoms with Crippen molar-refractivity contribution in [2.75, 3.05) is 6.61 Å². The fraction of sp³-hybridized carbons (Fsp3) is 0.821. The minimum Gasteiger partial charge on any atom is -0.394 e. The Kier molecular flexibility index (Phi) is 33.3. The second kappa shape index (κ2) is 34.4. The first-order valence-electron chi connectivity index (χ1n) is 18.8. The van der Waals surface area contributed by atoms with Gasteiger partial charge in [-0.1, -0.05) is 166 Å². The summed E-state index contributed by atoms with van der Waals surface area (Å²) in [7, 11) is 0. The van der Waals surface area contributed by atoms with Gasteiger partial charge in [-0.25, -0.2) is 0 Å². The Bertz CT molecular complexity index is 690. The highest BCUT2D eigenvalue weighted by atomic mass is 16.3. The monoisotopic (exact) mass is 620 g/mol. The number of aliphatic hydroxyl groups excluding tert-OH is 3. The zero-order valence-corrected chi connectivity index (χ0v) is 29.0. The largest absolute Gasteiger partial charge is 0.394 e. The van der Waals surface area contributed by atoms with E-state index < -0.39 is 18.2 Å². The lowest BCUT2D eigenvalue weighted by atomic mass is 10.0. The molecule has 0 fully saturated rings. The van der Waals surface area contributed by atoms with Gasteiger partial charge in [0, 0.05) is 0 Å². The molecule has 4 N–H and O–H groups in total. The summed E-state index contributed by atoms with van der Waals surface area (Å²) in [6, 6.07) is -0.763. The second-order valence-corrected chi connectivity index (χ2v) is 12.8. The van der Waals surface area contributed by atoms with Gasteiger partial charge in [0.25, 0.3) is 0 Å². The van der Waals surface area contributed by atoms with E-state index in [1.54, 1.807) is 6.08 Å². The molecule has 1 amide bonds. The summed E-state index contributed by atoms with van der Waals surface area (Å²) in [5.41, 5.74) is 0. The molecule has 0 saturated carbocycles. The number of amides is 1. The molecule has 0 rings (SSSR count).